The van der Waals surface area contributed by atoms with E-state index in [2.05, 4.69) is 28.9 Å². The number of halogens is 1. The van der Waals surface area contributed by atoms with Crippen LogP contribution < -0.4 is 10.0 Å². The Bertz CT molecular complexity index is 703. The fourth-order valence-corrected chi connectivity index (χ4v) is 2.89. The van der Waals surface area contributed by atoms with Crippen molar-refractivity contribution in [3.8, 4) is 0 Å². The third-order valence-corrected chi connectivity index (χ3v) is 4.50. The second kappa shape index (κ2) is 8.67. The van der Waals surface area contributed by atoms with E-state index in [1.165, 1.54) is 6.20 Å². The van der Waals surface area contributed by atoms with Crippen LogP contribution in [-0.2, 0) is 5.60 Å². The second-order valence-electron chi connectivity index (χ2n) is 6.16. The number of amides is 1. The van der Waals surface area contributed by atoms with Crippen molar-refractivity contribution in [2.45, 2.75) is 31.6 Å². The van der Waals surface area contributed by atoms with E-state index in [0.29, 0.717) is 28.2 Å². The van der Waals surface area contributed by atoms with Gasteiger partial charge >= 0.3 is 0 Å². The van der Waals surface area contributed by atoms with Crippen molar-refractivity contribution in [3.63, 3.8) is 0 Å². The van der Waals surface area contributed by atoms with Crippen LogP contribution in [0.25, 0.3) is 0 Å². The first-order valence-corrected chi connectivity index (χ1v) is 9.18. The number of aromatic nitrogens is 1. The number of benzene rings is 1. The Morgan fingerprint density at radius 1 is 1.28 bits per heavy atom. The number of carbonyl (C=O) groups excluding carboxylic acids is 1. The lowest BCUT2D eigenvalue weighted by atomic mass is 9.96. The van der Waals surface area contributed by atoms with Gasteiger partial charge in [-0.1, -0.05) is 49.5 Å². The highest BCUT2D eigenvalue weighted by Crippen LogP contribution is 2.23. The van der Waals surface area contributed by atoms with E-state index < -0.39 is 5.60 Å². The lowest BCUT2D eigenvalue weighted by Gasteiger charge is -2.24. The summed E-state index contributed by atoms with van der Waals surface area (Å²) in [7, 11) is 0. The van der Waals surface area contributed by atoms with E-state index in [1.807, 2.05) is 0 Å². The van der Waals surface area contributed by atoms with Crippen LogP contribution in [-0.4, -0.2) is 27.8 Å². The quantitative estimate of drug-likeness (QED) is 0.503. The van der Waals surface area contributed by atoms with Crippen LogP contribution in [0.5, 0.6) is 0 Å². The molecule has 5 nitrogen and oxygen atoms in total. The molecule has 2 rings (SSSR count). The van der Waals surface area contributed by atoms with Crippen LogP contribution in [0, 0.1) is 0 Å². The Kier molecular flexibility index (Phi) is 6.84. The number of nitrogens with one attached hydrogen (secondary N) is 2. The summed E-state index contributed by atoms with van der Waals surface area (Å²) in [4.78, 5) is 16.0. The summed E-state index contributed by atoms with van der Waals surface area (Å²) >= 11 is 7.30. The number of nitrogens with zero attached hydrogens (tertiary/aromatic N) is 1. The molecule has 1 atom stereocenters. The highest BCUT2D eigenvalue weighted by atomic mass is 35.5. The lowest BCUT2D eigenvalue weighted by Crippen LogP contribution is -2.33. The molecule has 7 heteroatoms. The first kappa shape index (κ1) is 19.7. The van der Waals surface area contributed by atoms with Gasteiger partial charge in [0, 0.05) is 23.7 Å². The zero-order chi connectivity index (χ0) is 18.4. The number of carbonyl (C=O) groups is 1. The van der Waals surface area contributed by atoms with Gasteiger partial charge in [-0.3, -0.25) is 9.52 Å². The van der Waals surface area contributed by atoms with Crippen molar-refractivity contribution in [1.29, 1.82) is 0 Å². The SMILES string of the molecule is CC(C)SNCC(C)(O)c1ccc(NC(=O)c2ccc(Cl)nc2)cc1. The maximum atomic E-state index is 12.2. The smallest absolute Gasteiger partial charge is 0.257 e. The van der Waals surface area contributed by atoms with Gasteiger partial charge in [-0.25, -0.2) is 4.98 Å². The lowest BCUT2D eigenvalue weighted by molar-refractivity contribution is 0.0635. The van der Waals surface area contributed by atoms with Crippen LogP contribution in [0.2, 0.25) is 5.15 Å². The van der Waals surface area contributed by atoms with Gasteiger partial charge < -0.3 is 10.4 Å². The number of aliphatic hydroxyl groups is 1. The summed E-state index contributed by atoms with van der Waals surface area (Å²) < 4.78 is 3.18. The van der Waals surface area contributed by atoms with Gasteiger partial charge in [-0.15, -0.1) is 0 Å². The van der Waals surface area contributed by atoms with Crippen molar-refractivity contribution in [1.82, 2.24) is 9.71 Å². The molecule has 0 aliphatic carbocycles. The monoisotopic (exact) mass is 379 g/mol. The van der Waals surface area contributed by atoms with Crippen LogP contribution in [0.1, 0.15) is 36.7 Å². The minimum absolute atomic E-state index is 0.265. The molecule has 0 aliphatic heterocycles. The molecule has 0 spiro atoms. The Morgan fingerprint density at radius 3 is 2.52 bits per heavy atom. The average Bonchev–Trinajstić information content (AvgIpc) is 2.55. The molecular weight excluding hydrogens is 358 g/mol. The minimum Gasteiger partial charge on any atom is -0.384 e. The summed E-state index contributed by atoms with van der Waals surface area (Å²) in [5.74, 6) is -0.265. The fraction of sp³-hybridized carbons (Fsp3) is 0.333. The van der Waals surface area contributed by atoms with Crippen molar-refractivity contribution in [3.05, 3.63) is 58.9 Å². The van der Waals surface area contributed by atoms with Gasteiger partial charge in [0.15, 0.2) is 0 Å². The molecule has 0 aliphatic rings. The van der Waals surface area contributed by atoms with Gasteiger partial charge in [-0.05, 0) is 36.8 Å². The van der Waals surface area contributed by atoms with Crippen LogP contribution in [0.4, 0.5) is 5.69 Å². The largest absolute Gasteiger partial charge is 0.384 e. The molecular formula is C18H22ClN3O2S. The van der Waals surface area contributed by atoms with E-state index in [-0.39, 0.29) is 5.91 Å². The Hall–Kier alpha value is -1.60. The number of anilines is 1. The first-order valence-electron chi connectivity index (χ1n) is 7.92. The average molecular weight is 380 g/mol. The molecule has 0 saturated carbocycles. The van der Waals surface area contributed by atoms with Gasteiger partial charge in [0.25, 0.3) is 5.91 Å². The molecule has 1 unspecified atom stereocenters. The van der Waals surface area contributed by atoms with E-state index in [1.54, 1.807) is 55.3 Å². The summed E-state index contributed by atoms with van der Waals surface area (Å²) in [5.41, 5.74) is 0.847. The second-order valence-corrected chi connectivity index (χ2v) is 8.02. The van der Waals surface area contributed by atoms with Crippen molar-refractivity contribution in [2.75, 3.05) is 11.9 Å². The summed E-state index contributed by atoms with van der Waals surface area (Å²) in [5, 5.41) is 14.2. The van der Waals surface area contributed by atoms with Gasteiger partial charge in [0.2, 0.25) is 0 Å². The zero-order valence-corrected chi connectivity index (χ0v) is 16.0. The number of rotatable bonds is 7. The molecule has 1 amide bonds. The highest BCUT2D eigenvalue weighted by Gasteiger charge is 2.23. The molecule has 25 heavy (non-hydrogen) atoms. The molecule has 0 radical (unpaired) electrons. The molecule has 134 valence electrons. The predicted octanol–water partition coefficient (Wildman–Crippen LogP) is 3.84. The van der Waals surface area contributed by atoms with Gasteiger partial charge in [0.1, 0.15) is 10.8 Å². The maximum Gasteiger partial charge on any atom is 0.257 e. The molecule has 1 heterocycles. The molecule has 0 saturated heterocycles. The van der Waals surface area contributed by atoms with Crippen molar-refractivity contribution >= 4 is 35.1 Å². The van der Waals surface area contributed by atoms with E-state index in [9.17, 15) is 9.90 Å². The predicted molar refractivity (Wildman–Crippen MR) is 104 cm³/mol. The molecule has 0 bridgehead atoms. The van der Waals surface area contributed by atoms with E-state index in [0.717, 1.165) is 5.56 Å². The number of hydrogen-bond acceptors (Lipinski definition) is 5. The van der Waals surface area contributed by atoms with E-state index >= 15 is 0 Å². The first-order chi connectivity index (χ1) is 11.8. The standard InChI is InChI=1S/C18H22ClN3O2S/c1-12(2)25-21-11-18(3,24)14-5-7-15(8-6-14)22-17(23)13-4-9-16(19)20-10-13/h4-10,12,21,24H,11H2,1-3H3,(H,22,23). The molecule has 3 N–H and O–H groups in total. The fourth-order valence-electron chi connectivity index (χ4n) is 2.08. The molecule has 0 fully saturated rings. The summed E-state index contributed by atoms with van der Waals surface area (Å²) in [6.45, 7) is 6.35. The van der Waals surface area contributed by atoms with E-state index in [4.69, 9.17) is 11.6 Å². The van der Waals surface area contributed by atoms with Crippen molar-refractivity contribution < 1.29 is 9.90 Å². The van der Waals surface area contributed by atoms with Gasteiger partial charge in [0.05, 0.1) is 5.56 Å². The molecule has 2 aromatic rings. The van der Waals surface area contributed by atoms with Gasteiger partial charge in [-0.2, -0.15) is 0 Å². The normalized spacial score (nSPS) is 13.5. The third-order valence-electron chi connectivity index (χ3n) is 3.49. The van der Waals surface area contributed by atoms with Crippen molar-refractivity contribution in [2.24, 2.45) is 0 Å². The Labute approximate surface area is 157 Å². The molecule has 1 aromatic carbocycles. The Balaban J connectivity index is 1.99. The third kappa shape index (κ3) is 6.01. The minimum atomic E-state index is -0.996. The zero-order valence-electron chi connectivity index (χ0n) is 14.4. The highest BCUT2D eigenvalue weighted by molar-refractivity contribution is 7.97. The number of pyridine rings is 1. The maximum absolute atomic E-state index is 12.2. The topological polar surface area (TPSA) is 74.2 Å². The van der Waals surface area contributed by atoms with Crippen LogP contribution in [0.15, 0.2) is 42.6 Å². The Morgan fingerprint density at radius 2 is 1.96 bits per heavy atom. The van der Waals surface area contributed by atoms with Crippen LogP contribution >= 0.6 is 23.5 Å². The number of hydrogen-bond donors (Lipinski definition) is 3. The van der Waals surface area contributed by atoms with Crippen LogP contribution in [0.3, 0.4) is 0 Å². The molecule has 1 aromatic heterocycles. The summed E-state index contributed by atoms with van der Waals surface area (Å²) in [6.07, 6.45) is 1.43. The summed E-state index contributed by atoms with van der Waals surface area (Å²) in [6, 6.07) is 10.3.